The number of pyridine rings is 1. The van der Waals surface area contributed by atoms with Crippen molar-refractivity contribution in [1.29, 1.82) is 0 Å². The molecule has 0 saturated carbocycles. The average molecular weight is 489 g/mol. The first-order chi connectivity index (χ1) is 15.3. The molecular weight excluding hydrogens is 462 g/mol. The van der Waals surface area contributed by atoms with Gasteiger partial charge < -0.3 is 4.57 Å². The number of carbonyl (C=O) groups excluding carboxylic acids is 1. The SMILES string of the molecule is CCSCc1cc(-c2cn(C)c(=O)cc2C(C)NS)c(C(=O)c2ccc(P)cc2)cc1F. The summed E-state index contributed by atoms with van der Waals surface area (Å²) < 4.78 is 19.4. The number of aryl methyl sites for hydroxylation is 1. The van der Waals surface area contributed by atoms with E-state index in [1.165, 1.54) is 16.7 Å². The van der Waals surface area contributed by atoms with Gasteiger partial charge in [-0.25, -0.2) is 4.39 Å². The predicted molar refractivity (Wildman–Crippen MR) is 139 cm³/mol. The number of benzene rings is 2. The number of ketones is 1. The summed E-state index contributed by atoms with van der Waals surface area (Å²) >= 11 is 5.78. The largest absolute Gasteiger partial charge is 0.318 e. The van der Waals surface area contributed by atoms with Crippen LogP contribution in [-0.2, 0) is 12.8 Å². The van der Waals surface area contributed by atoms with Crippen molar-refractivity contribution in [3.63, 3.8) is 0 Å². The van der Waals surface area contributed by atoms with Crippen molar-refractivity contribution in [3.05, 3.63) is 87.1 Å². The van der Waals surface area contributed by atoms with Crippen molar-refractivity contribution < 1.29 is 9.18 Å². The van der Waals surface area contributed by atoms with Crippen LogP contribution in [0.2, 0.25) is 0 Å². The zero-order valence-electron chi connectivity index (χ0n) is 18.2. The third kappa shape index (κ3) is 5.34. The van der Waals surface area contributed by atoms with Crippen molar-refractivity contribution in [2.45, 2.75) is 25.6 Å². The molecule has 32 heavy (non-hydrogen) atoms. The maximum absolute atomic E-state index is 15.0. The van der Waals surface area contributed by atoms with E-state index in [9.17, 15) is 9.59 Å². The van der Waals surface area contributed by atoms with E-state index in [0.29, 0.717) is 33.6 Å². The number of hydrogen-bond acceptors (Lipinski definition) is 5. The molecule has 2 unspecified atom stereocenters. The molecule has 2 aromatic carbocycles. The molecule has 1 N–H and O–H groups in total. The van der Waals surface area contributed by atoms with E-state index in [-0.39, 0.29) is 22.9 Å². The van der Waals surface area contributed by atoms with E-state index in [4.69, 9.17) is 0 Å². The average Bonchev–Trinajstić information content (AvgIpc) is 2.79. The quantitative estimate of drug-likeness (QED) is 0.275. The van der Waals surface area contributed by atoms with Crippen LogP contribution in [0.3, 0.4) is 0 Å². The summed E-state index contributed by atoms with van der Waals surface area (Å²) in [5.74, 6) is 0.660. The normalized spacial score (nSPS) is 12.1. The van der Waals surface area contributed by atoms with Crippen LogP contribution in [0.15, 0.2) is 53.5 Å². The molecule has 3 rings (SSSR count). The lowest BCUT2D eigenvalue weighted by atomic mass is 9.89. The highest BCUT2D eigenvalue weighted by atomic mass is 32.2. The Labute approximate surface area is 199 Å². The third-order valence-corrected chi connectivity index (χ3v) is 6.97. The summed E-state index contributed by atoms with van der Waals surface area (Å²) in [5, 5.41) is 0.953. The molecule has 0 aliphatic carbocycles. The molecule has 0 saturated heterocycles. The molecule has 2 atom stereocenters. The topological polar surface area (TPSA) is 51.1 Å². The van der Waals surface area contributed by atoms with Crippen LogP contribution in [0.5, 0.6) is 0 Å². The number of thiol groups is 1. The van der Waals surface area contributed by atoms with Gasteiger partial charge in [0.25, 0.3) is 5.56 Å². The van der Waals surface area contributed by atoms with Crippen LogP contribution in [0, 0.1) is 5.82 Å². The van der Waals surface area contributed by atoms with E-state index in [1.54, 1.807) is 43.2 Å². The van der Waals surface area contributed by atoms with Gasteiger partial charge in [0.2, 0.25) is 0 Å². The summed E-state index contributed by atoms with van der Waals surface area (Å²) in [7, 11) is 4.24. The predicted octanol–water partition coefficient (Wildman–Crippen LogP) is 4.67. The summed E-state index contributed by atoms with van der Waals surface area (Å²) in [6.07, 6.45) is 1.70. The molecule has 0 spiro atoms. The van der Waals surface area contributed by atoms with Crippen LogP contribution < -0.4 is 15.6 Å². The lowest BCUT2D eigenvalue weighted by Gasteiger charge is -2.20. The Balaban J connectivity index is 2.30. The molecule has 0 radical (unpaired) electrons. The second kappa shape index (κ2) is 10.8. The van der Waals surface area contributed by atoms with Gasteiger partial charge in [0, 0.05) is 47.8 Å². The summed E-state index contributed by atoms with van der Waals surface area (Å²) in [6, 6.07) is 11.4. The van der Waals surface area contributed by atoms with Crippen LogP contribution in [-0.4, -0.2) is 16.1 Å². The zero-order valence-corrected chi connectivity index (χ0v) is 21.1. The number of thioether (sulfide) groups is 1. The molecule has 1 aromatic heterocycles. The molecule has 0 aliphatic rings. The number of halogens is 1. The van der Waals surface area contributed by atoms with Gasteiger partial charge in [0.1, 0.15) is 5.82 Å². The maximum Gasteiger partial charge on any atom is 0.250 e. The summed E-state index contributed by atoms with van der Waals surface area (Å²) in [6.45, 7) is 3.89. The van der Waals surface area contributed by atoms with E-state index in [2.05, 4.69) is 26.8 Å². The Morgan fingerprint density at radius 3 is 2.53 bits per heavy atom. The maximum atomic E-state index is 15.0. The van der Waals surface area contributed by atoms with Crippen molar-refractivity contribution in [2.75, 3.05) is 5.75 Å². The Bertz CT molecular complexity index is 1200. The van der Waals surface area contributed by atoms with Gasteiger partial charge in [-0.1, -0.05) is 44.0 Å². The van der Waals surface area contributed by atoms with Gasteiger partial charge in [0.05, 0.1) is 0 Å². The van der Waals surface area contributed by atoms with Crippen molar-refractivity contribution in [2.24, 2.45) is 7.05 Å². The third-order valence-electron chi connectivity index (χ3n) is 5.28. The second-order valence-electron chi connectivity index (χ2n) is 7.52. The number of rotatable bonds is 8. The van der Waals surface area contributed by atoms with E-state index < -0.39 is 5.82 Å². The van der Waals surface area contributed by atoms with E-state index in [0.717, 1.165) is 11.1 Å². The Hall–Kier alpha value is -1.92. The number of nitrogens with one attached hydrogen (secondary N) is 1. The van der Waals surface area contributed by atoms with Gasteiger partial charge in [-0.2, -0.15) is 11.8 Å². The fourth-order valence-electron chi connectivity index (χ4n) is 3.44. The van der Waals surface area contributed by atoms with Gasteiger partial charge in [-0.3, -0.25) is 14.3 Å². The van der Waals surface area contributed by atoms with Crippen LogP contribution in [0.25, 0.3) is 11.1 Å². The number of carbonyl (C=O) groups is 1. The molecule has 0 bridgehead atoms. The number of aromatic nitrogens is 1. The Morgan fingerprint density at radius 2 is 1.91 bits per heavy atom. The molecule has 4 nitrogen and oxygen atoms in total. The standard InChI is InChI=1S/C24H26FN2O2PS2/c1-4-32-13-16-9-19(21-12-27(3)23(28)11-18(21)14(2)26-31)20(10-22(16)25)24(29)15-5-7-17(30)8-6-15/h5-12,14,26,31H,4,13,30H2,1-3H3. The minimum atomic E-state index is -0.410. The highest BCUT2D eigenvalue weighted by Crippen LogP contribution is 2.34. The van der Waals surface area contributed by atoms with Crippen LogP contribution in [0.1, 0.15) is 46.9 Å². The minimum absolute atomic E-state index is 0.174. The first-order valence-corrected chi connectivity index (χ1v) is 12.4. The van der Waals surface area contributed by atoms with E-state index in [1.807, 2.05) is 26.0 Å². The Morgan fingerprint density at radius 1 is 1.22 bits per heavy atom. The number of hydrogen-bond donors (Lipinski definition) is 2. The van der Waals surface area contributed by atoms with Crippen LogP contribution >= 0.6 is 33.8 Å². The van der Waals surface area contributed by atoms with E-state index >= 15 is 4.39 Å². The smallest absolute Gasteiger partial charge is 0.250 e. The lowest BCUT2D eigenvalue weighted by molar-refractivity contribution is 0.103. The highest BCUT2D eigenvalue weighted by Gasteiger charge is 2.22. The van der Waals surface area contributed by atoms with Crippen molar-refractivity contribution >= 4 is 44.9 Å². The minimum Gasteiger partial charge on any atom is -0.318 e. The first-order valence-electron chi connectivity index (χ1n) is 10.2. The Kier molecular flexibility index (Phi) is 8.34. The fraction of sp³-hybridized carbons (Fsp3) is 0.250. The fourth-order valence-corrected chi connectivity index (χ4v) is 4.42. The van der Waals surface area contributed by atoms with Crippen LogP contribution in [0.4, 0.5) is 4.39 Å². The number of nitrogens with zero attached hydrogens (tertiary/aromatic N) is 1. The zero-order chi connectivity index (χ0) is 23.4. The molecule has 3 aromatic rings. The molecule has 168 valence electrons. The summed E-state index contributed by atoms with van der Waals surface area (Å²) in [5.41, 5.74) is 3.06. The highest BCUT2D eigenvalue weighted by molar-refractivity contribution is 7.98. The second-order valence-corrected chi connectivity index (χ2v) is 9.72. The summed E-state index contributed by atoms with van der Waals surface area (Å²) in [4.78, 5) is 25.8. The van der Waals surface area contributed by atoms with Crippen molar-refractivity contribution in [1.82, 2.24) is 9.29 Å². The molecule has 8 heteroatoms. The monoisotopic (exact) mass is 488 g/mol. The molecule has 0 aliphatic heterocycles. The van der Waals surface area contributed by atoms with Gasteiger partial charge in [-0.15, -0.1) is 9.24 Å². The molecule has 0 amide bonds. The van der Waals surface area contributed by atoms with Crippen molar-refractivity contribution in [3.8, 4) is 11.1 Å². The van der Waals surface area contributed by atoms with Gasteiger partial charge in [-0.05, 0) is 46.8 Å². The molecule has 0 fully saturated rings. The molecular formula is C24H26FN2O2PS2. The van der Waals surface area contributed by atoms with Gasteiger partial charge >= 0.3 is 0 Å². The van der Waals surface area contributed by atoms with Gasteiger partial charge in [0.15, 0.2) is 5.78 Å². The molecule has 1 heterocycles. The first kappa shape index (κ1) is 24.7. The lowest BCUT2D eigenvalue weighted by Crippen LogP contribution is -2.20.